The fraction of sp³-hybridized carbons (Fsp3) is 1.00. The van der Waals surface area contributed by atoms with Gasteiger partial charge < -0.3 is 5.73 Å². The van der Waals surface area contributed by atoms with Crippen molar-refractivity contribution in [3.8, 4) is 0 Å². The number of nitrogens with two attached hydrogens (primary N) is 1. The first-order valence-electron chi connectivity index (χ1n) is 7.05. The van der Waals surface area contributed by atoms with Crippen LogP contribution in [0, 0.1) is 11.3 Å². The first kappa shape index (κ1) is 11.4. The van der Waals surface area contributed by atoms with Crippen LogP contribution in [0.25, 0.3) is 0 Å². The molecule has 0 radical (unpaired) electrons. The van der Waals surface area contributed by atoms with Gasteiger partial charge in [0.25, 0.3) is 0 Å². The summed E-state index contributed by atoms with van der Waals surface area (Å²) in [5, 5.41) is 0. The quantitative estimate of drug-likeness (QED) is 0.750. The molecule has 1 nitrogen and oxygen atoms in total. The van der Waals surface area contributed by atoms with Crippen LogP contribution in [0.2, 0.25) is 0 Å². The maximum atomic E-state index is 6.06. The minimum Gasteiger partial charge on any atom is -0.330 e. The van der Waals surface area contributed by atoms with E-state index in [4.69, 9.17) is 5.73 Å². The second-order valence-electron chi connectivity index (χ2n) is 5.97. The highest BCUT2D eigenvalue weighted by Gasteiger charge is 2.33. The van der Waals surface area contributed by atoms with E-state index < -0.39 is 0 Å². The van der Waals surface area contributed by atoms with Gasteiger partial charge in [-0.3, -0.25) is 0 Å². The lowest BCUT2D eigenvalue weighted by atomic mass is 9.67. The molecular formula is C14H27N. The lowest BCUT2D eigenvalue weighted by Gasteiger charge is -2.40. The first-order chi connectivity index (χ1) is 7.35. The van der Waals surface area contributed by atoms with Gasteiger partial charge >= 0.3 is 0 Å². The normalized spacial score (nSPS) is 27.8. The van der Waals surface area contributed by atoms with Crippen molar-refractivity contribution in [1.82, 2.24) is 0 Å². The number of hydrogen-bond acceptors (Lipinski definition) is 1. The first-order valence-corrected chi connectivity index (χ1v) is 7.05. The third kappa shape index (κ3) is 2.96. The van der Waals surface area contributed by atoms with E-state index in [1.165, 1.54) is 70.6 Å². The fourth-order valence-electron chi connectivity index (χ4n) is 3.80. The molecular weight excluding hydrogens is 182 g/mol. The Morgan fingerprint density at radius 1 is 0.867 bits per heavy atom. The molecule has 2 N–H and O–H groups in total. The van der Waals surface area contributed by atoms with E-state index in [0.717, 1.165) is 12.5 Å². The van der Waals surface area contributed by atoms with E-state index in [1.54, 1.807) is 0 Å². The van der Waals surface area contributed by atoms with Gasteiger partial charge in [-0.05, 0) is 37.1 Å². The summed E-state index contributed by atoms with van der Waals surface area (Å²) in [7, 11) is 0. The van der Waals surface area contributed by atoms with Crippen molar-refractivity contribution in [2.75, 3.05) is 6.54 Å². The molecule has 0 spiro atoms. The van der Waals surface area contributed by atoms with Crippen molar-refractivity contribution in [1.29, 1.82) is 0 Å². The molecule has 0 unspecified atom stereocenters. The molecule has 1 heteroatoms. The van der Waals surface area contributed by atoms with Crippen LogP contribution in [0.1, 0.15) is 70.6 Å². The molecule has 2 aliphatic carbocycles. The Hall–Kier alpha value is -0.0400. The second kappa shape index (κ2) is 5.34. The molecule has 2 aliphatic rings. The molecule has 0 atom stereocenters. The lowest BCUT2D eigenvalue weighted by Crippen LogP contribution is -2.35. The molecule has 0 aliphatic heterocycles. The van der Waals surface area contributed by atoms with Crippen LogP contribution in [-0.4, -0.2) is 6.54 Å². The summed E-state index contributed by atoms with van der Waals surface area (Å²) in [6, 6.07) is 0. The van der Waals surface area contributed by atoms with Crippen LogP contribution in [0.15, 0.2) is 0 Å². The van der Waals surface area contributed by atoms with Crippen molar-refractivity contribution in [3.05, 3.63) is 0 Å². The summed E-state index contributed by atoms with van der Waals surface area (Å²) >= 11 is 0. The van der Waals surface area contributed by atoms with Crippen LogP contribution in [-0.2, 0) is 0 Å². The standard InChI is InChI=1S/C14H27N/c15-12-14(9-5-2-6-10-14)11-13-7-3-1-4-8-13/h13H,1-12,15H2. The number of hydrogen-bond donors (Lipinski definition) is 1. The molecule has 15 heavy (non-hydrogen) atoms. The summed E-state index contributed by atoms with van der Waals surface area (Å²) in [4.78, 5) is 0. The van der Waals surface area contributed by atoms with E-state index in [-0.39, 0.29) is 0 Å². The highest BCUT2D eigenvalue weighted by Crippen LogP contribution is 2.43. The van der Waals surface area contributed by atoms with Gasteiger partial charge in [-0.15, -0.1) is 0 Å². The molecule has 2 rings (SSSR count). The summed E-state index contributed by atoms with van der Waals surface area (Å²) in [5.41, 5.74) is 6.61. The average molecular weight is 209 g/mol. The third-order valence-electron chi connectivity index (χ3n) is 4.79. The maximum absolute atomic E-state index is 6.06. The van der Waals surface area contributed by atoms with Crippen LogP contribution in [0.4, 0.5) is 0 Å². The van der Waals surface area contributed by atoms with Gasteiger partial charge in [0.15, 0.2) is 0 Å². The summed E-state index contributed by atoms with van der Waals surface area (Å²) in [6.45, 7) is 0.948. The van der Waals surface area contributed by atoms with Crippen LogP contribution in [0.3, 0.4) is 0 Å². The monoisotopic (exact) mass is 209 g/mol. The fourth-order valence-corrected chi connectivity index (χ4v) is 3.80. The second-order valence-corrected chi connectivity index (χ2v) is 5.97. The predicted octanol–water partition coefficient (Wildman–Crippen LogP) is 3.87. The van der Waals surface area contributed by atoms with Gasteiger partial charge in [0.1, 0.15) is 0 Å². The number of rotatable bonds is 3. The van der Waals surface area contributed by atoms with E-state index in [2.05, 4.69) is 0 Å². The lowest BCUT2D eigenvalue weighted by molar-refractivity contribution is 0.133. The average Bonchev–Trinajstić information content (AvgIpc) is 2.32. The summed E-state index contributed by atoms with van der Waals surface area (Å²) < 4.78 is 0. The van der Waals surface area contributed by atoms with Crippen LogP contribution in [0.5, 0.6) is 0 Å². The summed E-state index contributed by atoms with van der Waals surface area (Å²) in [5.74, 6) is 1.01. The third-order valence-corrected chi connectivity index (χ3v) is 4.79. The predicted molar refractivity (Wildman–Crippen MR) is 65.8 cm³/mol. The largest absolute Gasteiger partial charge is 0.330 e. The molecule has 0 saturated heterocycles. The Morgan fingerprint density at radius 3 is 2.07 bits per heavy atom. The van der Waals surface area contributed by atoms with Crippen molar-refractivity contribution >= 4 is 0 Å². The van der Waals surface area contributed by atoms with Crippen LogP contribution >= 0.6 is 0 Å². The van der Waals surface area contributed by atoms with E-state index >= 15 is 0 Å². The summed E-state index contributed by atoms with van der Waals surface area (Å²) in [6.07, 6.45) is 16.0. The highest BCUT2D eigenvalue weighted by molar-refractivity contribution is 4.86. The van der Waals surface area contributed by atoms with E-state index in [0.29, 0.717) is 5.41 Å². The Labute approximate surface area is 94.8 Å². The van der Waals surface area contributed by atoms with Crippen LogP contribution < -0.4 is 5.73 Å². The Morgan fingerprint density at radius 2 is 1.47 bits per heavy atom. The highest BCUT2D eigenvalue weighted by atomic mass is 14.6. The molecule has 0 aromatic carbocycles. The van der Waals surface area contributed by atoms with Gasteiger partial charge in [0.2, 0.25) is 0 Å². The van der Waals surface area contributed by atoms with E-state index in [1.807, 2.05) is 0 Å². The molecule has 2 saturated carbocycles. The Kier molecular flexibility index (Phi) is 4.07. The van der Waals surface area contributed by atoms with Gasteiger partial charge in [0, 0.05) is 0 Å². The van der Waals surface area contributed by atoms with Gasteiger partial charge in [-0.1, -0.05) is 51.4 Å². The molecule has 0 bridgehead atoms. The Balaban J connectivity index is 1.87. The molecule has 0 aromatic rings. The zero-order chi connectivity index (χ0) is 10.6. The minimum atomic E-state index is 0.556. The molecule has 0 heterocycles. The van der Waals surface area contributed by atoms with Gasteiger partial charge in [0.05, 0.1) is 0 Å². The van der Waals surface area contributed by atoms with Gasteiger partial charge in [-0.25, -0.2) is 0 Å². The SMILES string of the molecule is NCC1(CC2CCCCC2)CCCCC1. The maximum Gasteiger partial charge on any atom is -0.00204 e. The molecule has 2 fully saturated rings. The molecule has 0 amide bonds. The van der Waals surface area contributed by atoms with Crippen molar-refractivity contribution in [3.63, 3.8) is 0 Å². The minimum absolute atomic E-state index is 0.556. The molecule has 88 valence electrons. The smallest absolute Gasteiger partial charge is 0.00204 e. The van der Waals surface area contributed by atoms with Crippen molar-refractivity contribution < 1.29 is 0 Å². The topological polar surface area (TPSA) is 26.0 Å². The molecule has 0 aromatic heterocycles. The zero-order valence-corrected chi connectivity index (χ0v) is 10.1. The van der Waals surface area contributed by atoms with E-state index in [9.17, 15) is 0 Å². The van der Waals surface area contributed by atoms with Gasteiger partial charge in [-0.2, -0.15) is 0 Å². The zero-order valence-electron chi connectivity index (χ0n) is 10.1. The van der Waals surface area contributed by atoms with Crippen molar-refractivity contribution in [2.45, 2.75) is 70.6 Å². The van der Waals surface area contributed by atoms with Crippen molar-refractivity contribution in [2.24, 2.45) is 17.1 Å². The Bertz CT molecular complexity index is 176.